The minimum atomic E-state index is -0.239. The maximum atomic E-state index is 13.9. The highest BCUT2D eigenvalue weighted by atomic mass is 16.1. The smallest absolute Gasteiger partial charge is 0.228 e. The van der Waals surface area contributed by atoms with Gasteiger partial charge in [-0.3, -0.25) is 9.48 Å². The average Bonchev–Trinajstić information content (AvgIpc) is 3.73. The summed E-state index contributed by atoms with van der Waals surface area (Å²) in [4.78, 5) is 27.8. The van der Waals surface area contributed by atoms with Crippen LogP contribution in [-0.4, -0.2) is 35.2 Å². The Balaban J connectivity index is 1.07. The number of hydrogen-bond donors (Lipinski definition) is 1. The molecule has 1 amide bonds. The van der Waals surface area contributed by atoms with Gasteiger partial charge in [-0.1, -0.05) is 60.7 Å². The zero-order valence-electron chi connectivity index (χ0n) is 27.3. The topological polar surface area (TPSA) is 114 Å². The van der Waals surface area contributed by atoms with Gasteiger partial charge in [0.15, 0.2) is 0 Å². The first-order valence-corrected chi connectivity index (χ1v) is 16.5. The number of carbonyl (C=O) groups is 1. The van der Waals surface area contributed by atoms with Gasteiger partial charge in [-0.2, -0.15) is 10.4 Å². The van der Waals surface area contributed by atoms with E-state index in [1.807, 2.05) is 79.6 Å². The van der Waals surface area contributed by atoms with Crippen LogP contribution in [0.4, 0.5) is 0 Å². The van der Waals surface area contributed by atoms with E-state index in [4.69, 9.17) is 4.98 Å². The van der Waals surface area contributed by atoms with Gasteiger partial charge in [0, 0.05) is 50.6 Å². The van der Waals surface area contributed by atoms with Gasteiger partial charge in [0.05, 0.1) is 40.7 Å². The van der Waals surface area contributed by atoms with Crippen molar-refractivity contribution >= 4 is 16.9 Å². The van der Waals surface area contributed by atoms with Crippen LogP contribution >= 0.6 is 0 Å². The molecule has 3 aromatic carbocycles. The number of carbonyl (C=O) groups excluding carboxylic acids is 1. The summed E-state index contributed by atoms with van der Waals surface area (Å²) in [5.74, 6) is 1.21. The second kappa shape index (κ2) is 13.6. The Morgan fingerprint density at radius 2 is 1.71 bits per heavy atom. The maximum Gasteiger partial charge on any atom is 0.228 e. The number of benzene rings is 3. The van der Waals surface area contributed by atoms with E-state index in [1.165, 1.54) is 0 Å². The van der Waals surface area contributed by atoms with E-state index in [1.54, 1.807) is 17.2 Å². The fourth-order valence-corrected chi connectivity index (χ4v) is 7.06. The summed E-state index contributed by atoms with van der Waals surface area (Å²) < 4.78 is 3.77. The SMILES string of the molecule is Cn1cc(-c2ccc(C(C(=O)NCc3ccccc3)[C@H]3CC[C@H](Cc4ncc(C#N)c(-c5ccc6ncn(C)c6c5)n4)CC3)cc2)cn1. The normalized spacial score (nSPS) is 16.8. The zero-order valence-corrected chi connectivity index (χ0v) is 27.3. The highest BCUT2D eigenvalue weighted by Crippen LogP contribution is 2.40. The molecule has 1 atom stereocenters. The van der Waals surface area contributed by atoms with Crippen molar-refractivity contribution in [2.24, 2.45) is 25.9 Å². The molecule has 9 heteroatoms. The van der Waals surface area contributed by atoms with Crippen LogP contribution < -0.4 is 5.32 Å². The summed E-state index contributed by atoms with van der Waals surface area (Å²) in [7, 11) is 3.87. The first-order chi connectivity index (χ1) is 23.4. The van der Waals surface area contributed by atoms with Crippen molar-refractivity contribution in [2.75, 3.05) is 0 Å². The standard InChI is InChI=1S/C39H38N8O/c1-46-25-43-34-17-16-31(19-35(34)46)38-32(20-40)22-41-36(45-38)18-26-8-10-29(11-9-26)37(39(48)42-21-27-6-4-3-5-7-27)30-14-12-28(13-15-30)33-23-44-47(2)24-33/h3-7,12-17,19,22-26,29,37H,8-11,18,21H2,1-2H3,(H,42,48)/t26-,29-,37?. The van der Waals surface area contributed by atoms with Gasteiger partial charge in [-0.25, -0.2) is 15.0 Å². The molecule has 48 heavy (non-hydrogen) atoms. The number of nitrogens with zero attached hydrogens (tertiary/aromatic N) is 7. The zero-order chi connectivity index (χ0) is 33.0. The molecule has 1 unspecified atom stereocenters. The third-order valence-electron chi connectivity index (χ3n) is 9.69. The average molecular weight is 635 g/mol. The molecule has 0 aliphatic heterocycles. The van der Waals surface area contributed by atoms with Gasteiger partial charge in [0.1, 0.15) is 11.9 Å². The molecular weight excluding hydrogens is 596 g/mol. The lowest BCUT2D eigenvalue weighted by Gasteiger charge is -2.33. The summed E-state index contributed by atoms with van der Waals surface area (Å²) in [6, 6.07) is 26.7. The second-order valence-electron chi connectivity index (χ2n) is 12.9. The Labute approximate surface area is 280 Å². The van der Waals surface area contributed by atoms with E-state index in [2.05, 4.69) is 50.7 Å². The Hall–Kier alpha value is -5.62. The molecule has 1 fully saturated rings. The Morgan fingerprint density at radius 3 is 2.44 bits per heavy atom. The lowest BCUT2D eigenvalue weighted by molar-refractivity contribution is -0.124. The highest BCUT2D eigenvalue weighted by molar-refractivity contribution is 5.84. The van der Waals surface area contributed by atoms with Gasteiger partial charge >= 0.3 is 0 Å². The Morgan fingerprint density at radius 1 is 0.938 bits per heavy atom. The van der Waals surface area contributed by atoms with Gasteiger partial charge in [-0.05, 0) is 66.3 Å². The van der Waals surface area contributed by atoms with E-state index in [0.717, 1.165) is 76.8 Å². The quantitative estimate of drug-likeness (QED) is 0.188. The molecular formula is C39H38N8O. The monoisotopic (exact) mass is 634 g/mol. The first kappa shape index (κ1) is 31.0. The van der Waals surface area contributed by atoms with Crippen LogP contribution in [0.15, 0.2) is 97.7 Å². The van der Waals surface area contributed by atoms with Gasteiger partial charge < -0.3 is 9.88 Å². The summed E-state index contributed by atoms with van der Waals surface area (Å²) >= 11 is 0. The Kier molecular flexibility index (Phi) is 8.80. The Bertz CT molecular complexity index is 2080. The largest absolute Gasteiger partial charge is 0.351 e. The molecule has 1 N–H and O–H groups in total. The molecule has 240 valence electrons. The van der Waals surface area contributed by atoms with Crippen molar-refractivity contribution in [2.45, 2.75) is 44.6 Å². The number of nitrogens with one attached hydrogen (secondary N) is 1. The van der Waals surface area contributed by atoms with Crippen molar-refractivity contribution in [1.82, 2.24) is 34.6 Å². The summed E-state index contributed by atoms with van der Waals surface area (Å²) in [6.45, 7) is 0.505. The first-order valence-electron chi connectivity index (χ1n) is 16.5. The molecule has 1 aliphatic rings. The number of aromatic nitrogens is 6. The molecule has 3 heterocycles. The van der Waals surface area contributed by atoms with Crippen molar-refractivity contribution in [1.29, 1.82) is 5.26 Å². The molecule has 7 rings (SSSR count). The fourth-order valence-electron chi connectivity index (χ4n) is 7.06. The van der Waals surface area contributed by atoms with Crippen LogP contribution in [0.3, 0.4) is 0 Å². The van der Waals surface area contributed by atoms with E-state index in [0.29, 0.717) is 23.7 Å². The van der Waals surface area contributed by atoms with E-state index in [9.17, 15) is 10.1 Å². The maximum absolute atomic E-state index is 13.9. The van der Waals surface area contributed by atoms with Gasteiger partial charge in [0.2, 0.25) is 5.91 Å². The van der Waals surface area contributed by atoms with E-state index >= 15 is 0 Å². The number of hydrogen-bond acceptors (Lipinski definition) is 6. The van der Waals surface area contributed by atoms with Crippen molar-refractivity contribution < 1.29 is 4.79 Å². The van der Waals surface area contributed by atoms with Crippen LogP contribution in [0.25, 0.3) is 33.4 Å². The predicted octanol–water partition coefficient (Wildman–Crippen LogP) is 6.75. The number of aryl methyl sites for hydroxylation is 2. The van der Waals surface area contributed by atoms with Crippen LogP contribution in [-0.2, 0) is 31.9 Å². The van der Waals surface area contributed by atoms with E-state index in [-0.39, 0.29) is 17.7 Å². The van der Waals surface area contributed by atoms with E-state index < -0.39 is 0 Å². The molecule has 9 nitrogen and oxygen atoms in total. The van der Waals surface area contributed by atoms with Crippen LogP contribution in [0.1, 0.15) is 54.1 Å². The van der Waals surface area contributed by atoms with Crippen LogP contribution in [0, 0.1) is 23.2 Å². The molecule has 1 saturated carbocycles. The predicted molar refractivity (Wildman–Crippen MR) is 185 cm³/mol. The third kappa shape index (κ3) is 6.60. The van der Waals surface area contributed by atoms with Crippen molar-refractivity contribution in [3.63, 3.8) is 0 Å². The fraction of sp³-hybridized carbons (Fsp3) is 0.282. The summed E-state index contributed by atoms with van der Waals surface area (Å²) in [6.07, 6.45) is 11.9. The number of fused-ring (bicyclic) bond motifs is 1. The van der Waals surface area contributed by atoms with Crippen LogP contribution in [0.5, 0.6) is 0 Å². The molecule has 0 saturated heterocycles. The molecule has 1 aliphatic carbocycles. The minimum absolute atomic E-state index is 0.0712. The highest BCUT2D eigenvalue weighted by Gasteiger charge is 2.33. The third-order valence-corrected chi connectivity index (χ3v) is 9.69. The molecule has 0 radical (unpaired) electrons. The molecule has 0 spiro atoms. The number of amides is 1. The van der Waals surface area contributed by atoms with Gasteiger partial charge in [-0.15, -0.1) is 0 Å². The second-order valence-corrected chi connectivity index (χ2v) is 12.9. The van der Waals surface area contributed by atoms with Crippen molar-refractivity contribution in [3.05, 3.63) is 120 Å². The number of imidazole rings is 1. The van der Waals surface area contributed by atoms with Crippen LogP contribution in [0.2, 0.25) is 0 Å². The molecule has 3 aromatic heterocycles. The summed E-state index contributed by atoms with van der Waals surface area (Å²) in [5, 5.41) is 17.4. The number of nitriles is 1. The molecule has 6 aromatic rings. The number of rotatable bonds is 9. The lowest BCUT2D eigenvalue weighted by Crippen LogP contribution is -2.35. The minimum Gasteiger partial charge on any atom is -0.351 e. The summed E-state index contributed by atoms with van der Waals surface area (Å²) in [5.41, 5.74) is 8.16. The lowest BCUT2D eigenvalue weighted by atomic mass is 9.72. The van der Waals surface area contributed by atoms with Gasteiger partial charge in [0.25, 0.3) is 0 Å². The molecule has 0 bridgehead atoms. The van der Waals surface area contributed by atoms with Crippen molar-refractivity contribution in [3.8, 4) is 28.5 Å².